The molecule has 1 atom stereocenters. The second-order valence-corrected chi connectivity index (χ2v) is 7.26. The van der Waals surface area contributed by atoms with Gasteiger partial charge < -0.3 is 15.6 Å². The molecule has 0 aliphatic carbocycles. The Balaban J connectivity index is 1.32. The Labute approximate surface area is 159 Å². The van der Waals surface area contributed by atoms with E-state index in [4.69, 9.17) is 5.73 Å². The first-order valence-electron chi connectivity index (χ1n) is 9.56. The van der Waals surface area contributed by atoms with Crippen LogP contribution in [0, 0.1) is 0 Å². The van der Waals surface area contributed by atoms with Crippen molar-refractivity contribution in [3.63, 3.8) is 0 Å². The fourth-order valence-electron chi connectivity index (χ4n) is 3.83. The Bertz CT molecular complexity index is 897. The molecule has 5 nitrogen and oxygen atoms in total. The molecular weight excluding hydrogens is 336 g/mol. The number of carbonyl (C=O) groups is 1. The van der Waals surface area contributed by atoms with Gasteiger partial charge in [-0.05, 0) is 23.6 Å². The van der Waals surface area contributed by atoms with Gasteiger partial charge in [0.05, 0.1) is 6.04 Å². The molecule has 1 aliphatic rings. The highest BCUT2D eigenvalue weighted by atomic mass is 16.2. The number of fused-ring (bicyclic) bond motifs is 1. The summed E-state index contributed by atoms with van der Waals surface area (Å²) in [5, 5.41) is 1.15. The summed E-state index contributed by atoms with van der Waals surface area (Å²) >= 11 is 0. The van der Waals surface area contributed by atoms with Crippen molar-refractivity contribution in [1.82, 2.24) is 14.8 Å². The molecule has 2 heterocycles. The van der Waals surface area contributed by atoms with Crippen molar-refractivity contribution in [2.45, 2.75) is 19.0 Å². The van der Waals surface area contributed by atoms with Gasteiger partial charge in [-0.15, -0.1) is 0 Å². The Morgan fingerprint density at radius 2 is 1.70 bits per heavy atom. The Hall–Kier alpha value is -2.63. The van der Waals surface area contributed by atoms with Crippen molar-refractivity contribution in [2.75, 3.05) is 26.2 Å². The quantitative estimate of drug-likeness (QED) is 0.732. The lowest BCUT2D eigenvalue weighted by Gasteiger charge is -2.36. The zero-order chi connectivity index (χ0) is 18.6. The Kier molecular flexibility index (Phi) is 5.23. The zero-order valence-electron chi connectivity index (χ0n) is 15.5. The molecule has 0 bridgehead atoms. The summed E-state index contributed by atoms with van der Waals surface area (Å²) in [7, 11) is 0. The molecule has 2 aromatic carbocycles. The summed E-state index contributed by atoms with van der Waals surface area (Å²) in [6.45, 7) is 4.20. The van der Waals surface area contributed by atoms with Gasteiger partial charge in [-0.25, -0.2) is 0 Å². The molecule has 1 amide bonds. The molecule has 0 spiro atoms. The molecule has 140 valence electrons. The number of H-pyrrole nitrogens is 1. The number of carbonyl (C=O) groups excluding carboxylic acids is 1. The minimum Gasteiger partial charge on any atom is -0.361 e. The molecular formula is C22H26N4O. The molecule has 0 saturated carbocycles. The second-order valence-electron chi connectivity index (χ2n) is 7.26. The van der Waals surface area contributed by atoms with Gasteiger partial charge >= 0.3 is 0 Å². The summed E-state index contributed by atoms with van der Waals surface area (Å²) in [5.74, 6) is 0.0552. The fourth-order valence-corrected chi connectivity index (χ4v) is 3.83. The molecule has 4 rings (SSSR count). The smallest absolute Gasteiger partial charge is 0.239 e. The predicted molar refractivity (Wildman–Crippen MR) is 108 cm³/mol. The third-order valence-electron chi connectivity index (χ3n) is 5.36. The molecule has 27 heavy (non-hydrogen) atoms. The maximum atomic E-state index is 12.8. The third-order valence-corrected chi connectivity index (χ3v) is 5.36. The zero-order valence-corrected chi connectivity index (χ0v) is 15.5. The van der Waals surface area contributed by atoms with Crippen LogP contribution in [-0.4, -0.2) is 52.9 Å². The molecule has 3 aromatic rings. The van der Waals surface area contributed by atoms with E-state index in [0.717, 1.165) is 49.2 Å². The normalized spacial score (nSPS) is 16.6. The lowest BCUT2D eigenvalue weighted by Crippen LogP contribution is -2.53. The Morgan fingerprint density at radius 3 is 2.48 bits per heavy atom. The molecule has 3 N–H and O–H groups in total. The maximum absolute atomic E-state index is 12.8. The number of rotatable bonds is 5. The summed E-state index contributed by atoms with van der Waals surface area (Å²) in [6.07, 6.45) is 2.53. The van der Waals surface area contributed by atoms with Crippen molar-refractivity contribution >= 4 is 16.8 Å². The standard InChI is InChI=1S/C22H26N4O/c23-20(14-18-15-24-21-9-5-4-8-19(18)21)22(27)26-12-10-25(11-13-26)16-17-6-2-1-3-7-17/h1-9,15,20,24H,10-14,16,23H2/t20-/m0/s1. The van der Waals surface area contributed by atoms with Gasteiger partial charge in [-0.1, -0.05) is 48.5 Å². The van der Waals surface area contributed by atoms with Crippen LogP contribution in [-0.2, 0) is 17.8 Å². The average molecular weight is 362 g/mol. The SMILES string of the molecule is N[C@@H](Cc1c[nH]c2ccccc12)C(=O)N1CCN(Cc2ccccc2)CC1. The average Bonchev–Trinajstić information content (AvgIpc) is 3.12. The van der Waals surface area contributed by atoms with E-state index >= 15 is 0 Å². The fraction of sp³-hybridized carbons (Fsp3) is 0.318. The minimum atomic E-state index is -0.495. The summed E-state index contributed by atoms with van der Waals surface area (Å²) in [4.78, 5) is 20.4. The van der Waals surface area contributed by atoms with Gasteiger partial charge in [-0.2, -0.15) is 0 Å². The largest absolute Gasteiger partial charge is 0.361 e. The van der Waals surface area contributed by atoms with E-state index in [1.807, 2.05) is 35.4 Å². The highest BCUT2D eigenvalue weighted by Gasteiger charge is 2.26. The first kappa shape index (κ1) is 17.8. The Morgan fingerprint density at radius 1 is 1.00 bits per heavy atom. The van der Waals surface area contributed by atoms with Gasteiger partial charge in [0.25, 0.3) is 0 Å². The molecule has 0 radical (unpaired) electrons. The number of para-hydroxylation sites is 1. The maximum Gasteiger partial charge on any atom is 0.239 e. The lowest BCUT2D eigenvalue weighted by molar-refractivity contribution is -0.134. The van der Waals surface area contributed by atoms with Gasteiger partial charge in [-0.3, -0.25) is 9.69 Å². The van der Waals surface area contributed by atoms with E-state index in [-0.39, 0.29) is 5.91 Å². The lowest BCUT2D eigenvalue weighted by atomic mass is 10.0. The summed E-state index contributed by atoms with van der Waals surface area (Å²) in [5.41, 5.74) is 9.77. The van der Waals surface area contributed by atoms with Gasteiger partial charge in [0.1, 0.15) is 0 Å². The van der Waals surface area contributed by atoms with E-state index in [1.54, 1.807) is 0 Å². The molecule has 0 unspecified atom stereocenters. The first-order chi connectivity index (χ1) is 13.2. The number of benzene rings is 2. The number of aromatic nitrogens is 1. The van der Waals surface area contributed by atoms with E-state index in [1.165, 1.54) is 5.56 Å². The highest BCUT2D eigenvalue weighted by Crippen LogP contribution is 2.19. The number of nitrogens with one attached hydrogen (secondary N) is 1. The number of hydrogen-bond donors (Lipinski definition) is 2. The topological polar surface area (TPSA) is 65.4 Å². The van der Waals surface area contributed by atoms with E-state index < -0.39 is 6.04 Å². The van der Waals surface area contributed by atoms with Crippen LogP contribution in [0.1, 0.15) is 11.1 Å². The van der Waals surface area contributed by atoms with Crippen LogP contribution in [0.25, 0.3) is 10.9 Å². The van der Waals surface area contributed by atoms with Crippen molar-refractivity contribution < 1.29 is 4.79 Å². The van der Waals surface area contributed by atoms with Gasteiger partial charge in [0, 0.05) is 49.8 Å². The van der Waals surface area contributed by atoms with Crippen LogP contribution in [0.15, 0.2) is 60.8 Å². The molecule has 1 aliphatic heterocycles. The summed E-state index contributed by atoms with van der Waals surface area (Å²) < 4.78 is 0. The predicted octanol–water partition coefficient (Wildman–Crippen LogP) is 2.38. The molecule has 1 aromatic heterocycles. The molecule has 1 fully saturated rings. The van der Waals surface area contributed by atoms with Crippen LogP contribution in [0.4, 0.5) is 0 Å². The minimum absolute atomic E-state index is 0.0552. The van der Waals surface area contributed by atoms with Crippen molar-refractivity contribution in [3.8, 4) is 0 Å². The molecule has 5 heteroatoms. The number of nitrogens with zero attached hydrogens (tertiary/aromatic N) is 2. The van der Waals surface area contributed by atoms with Crippen molar-refractivity contribution in [1.29, 1.82) is 0 Å². The van der Waals surface area contributed by atoms with Gasteiger partial charge in [0.2, 0.25) is 5.91 Å². The second kappa shape index (κ2) is 7.94. The van der Waals surface area contributed by atoms with Gasteiger partial charge in [0.15, 0.2) is 0 Å². The van der Waals surface area contributed by atoms with Crippen LogP contribution in [0.5, 0.6) is 0 Å². The van der Waals surface area contributed by atoms with E-state index in [2.05, 4.69) is 40.2 Å². The monoisotopic (exact) mass is 362 g/mol. The van der Waals surface area contributed by atoms with Crippen LogP contribution in [0.3, 0.4) is 0 Å². The van der Waals surface area contributed by atoms with Crippen molar-refractivity contribution in [2.24, 2.45) is 5.73 Å². The van der Waals surface area contributed by atoms with Crippen molar-refractivity contribution in [3.05, 3.63) is 71.9 Å². The number of nitrogens with two attached hydrogens (primary N) is 1. The van der Waals surface area contributed by atoms with Crippen LogP contribution >= 0.6 is 0 Å². The molecule has 1 saturated heterocycles. The first-order valence-corrected chi connectivity index (χ1v) is 9.56. The highest BCUT2D eigenvalue weighted by molar-refractivity contribution is 5.86. The number of piperazine rings is 1. The van der Waals surface area contributed by atoms with Crippen LogP contribution in [0.2, 0.25) is 0 Å². The number of hydrogen-bond acceptors (Lipinski definition) is 3. The summed E-state index contributed by atoms with van der Waals surface area (Å²) in [6, 6.07) is 18.1. The van der Waals surface area contributed by atoms with E-state index in [0.29, 0.717) is 6.42 Å². The van der Waals surface area contributed by atoms with Crippen LogP contribution < -0.4 is 5.73 Å². The number of amides is 1. The number of aromatic amines is 1. The third kappa shape index (κ3) is 4.04. The van der Waals surface area contributed by atoms with E-state index in [9.17, 15) is 4.79 Å².